The van der Waals surface area contributed by atoms with E-state index < -0.39 is 10.0 Å². The predicted molar refractivity (Wildman–Crippen MR) is 82.2 cm³/mol. The average Bonchev–Trinajstić information content (AvgIpc) is 2.94. The van der Waals surface area contributed by atoms with E-state index in [0.717, 1.165) is 12.1 Å². The molecule has 0 N–H and O–H groups in total. The van der Waals surface area contributed by atoms with Crippen LogP contribution < -0.4 is 4.90 Å². The molecule has 0 aromatic heterocycles. The highest BCUT2D eigenvalue weighted by molar-refractivity contribution is 7.89. The standard InChI is InChI=1S/C15H20N2O4S/c1-12-11-21-10-9-17(12)22(19,20)14-6-4-13(5-7-14)16-8-2-3-15(16)18/h4-7,12H,2-3,8-11H2,1H3. The molecule has 1 aromatic carbocycles. The summed E-state index contributed by atoms with van der Waals surface area (Å²) in [5.41, 5.74) is 0.761. The van der Waals surface area contributed by atoms with Crippen LogP contribution in [0.2, 0.25) is 0 Å². The summed E-state index contributed by atoms with van der Waals surface area (Å²) in [6.45, 7) is 3.75. The second-order valence-electron chi connectivity index (χ2n) is 5.68. The minimum Gasteiger partial charge on any atom is -0.378 e. The first kappa shape index (κ1) is 15.5. The Labute approximate surface area is 130 Å². The van der Waals surface area contributed by atoms with Crippen LogP contribution >= 0.6 is 0 Å². The molecular formula is C15H20N2O4S. The lowest BCUT2D eigenvalue weighted by Gasteiger charge is -2.32. The summed E-state index contributed by atoms with van der Waals surface area (Å²) in [4.78, 5) is 13.7. The minimum absolute atomic E-state index is 0.0948. The zero-order valence-corrected chi connectivity index (χ0v) is 13.4. The second-order valence-corrected chi connectivity index (χ2v) is 7.57. The highest BCUT2D eigenvalue weighted by Gasteiger charge is 2.31. The number of sulfonamides is 1. The molecule has 2 aliphatic heterocycles. The van der Waals surface area contributed by atoms with Crippen LogP contribution in [-0.2, 0) is 19.6 Å². The molecule has 22 heavy (non-hydrogen) atoms. The van der Waals surface area contributed by atoms with Gasteiger partial charge in [-0.15, -0.1) is 0 Å². The first-order valence-corrected chi connectivity index (χ1v) is 8.94. The van der Waals surface area contributed by atoms with Crippen molar-refractivity contribution in [1.29, 1.82) is 0 Å². The van der Waals surface area contributed by atoms with Gasteiger partial charge in [0.15, 0.2) is 0 Å². The predicted octanol–water partition coefficient (Wildman–Crippen LogP) is 1.22. The van der Waals surface area contributed by atoms with Gasteiger partial charge >= 0.3 is 0 Å². The Kier molecular flexibility index (Phi) is 4.20. The maximum Gasteiger partial charge on any atom is 0.243 e. The fraction of sp³-hybridized carbons (Fsp3) is 0.533. The number of morpholine rings is 1. The lowest BCUT2D eigenvalue weighted by molar-refractivity contribution is -0.117. The van der Waals surface area contributed by atoms with Crippen molar-refractivity contribution in [2.75, 3.05) is 31.2 Å². The van der Waals surface area contributed by atoms with Gasteiger partial charge in [-0.05, 0) is 37.6 Å². The van der Waals surface area contributed by atoms with Crippen molar-refractivity contribution in [3.63, 3.8) is 0 Å². The molecule has 0 spiro atoms. The van der Waals surface area contributed by atoms with Gasteiger partial charge < -0.3 is 9.64 Å². The number of benzene rings is 1. The molecule has 0 bridgehead atoms. The third kappa shape index (κ3) is 2.76. The van der Waals surface area contributed by atoms with Gasteiger partial charge in [-0.25, -0.2) is 8.42 Å². The molecule has 0 aliphatic carbocycles. The van der Waals surface area contributed by atoms with Crippen LogP contribution in [0.3, 0.4) is 0 Å². The van der Waals surface area contributed by atoms with Gasteiger partial charge in [-0.3, -0.25) is 4.79 Å². The molecule has 7 heteroatoms. The summed E-state index contributed by atoms with van der Waals surface area (Å²) in [7, 11) is -3.52. The van der Waals surface area contributed by atoms with Crippen LogP contribution in [0, 0.1) is 0 Å². The Morgan fingerprint density at radius 3 is 2.50 bits per heavy atom. The molecule has 3 rings (SSSR count). The third-order valence-corrected chi connectivity index (χ3v) is 6.16. The Hall–Kier alpha value is -1.44. The summed E-state index contributed by atoms with van der Waals surface area (Å²) in [6, 6.07) is 6.41. The molecule has 1 unspecified atom stereocenters. The molecular weight excluding hydrogens is 304 g/mol. The minimum atomic E-state index is -3.52. The largest absolute Gasteiger partial charge is 0.378 e. The van der Waals surface area contributed by atoms with Gasteiger partial charge in [0.1, 0.15) is 0 Å². The first-order valence-electron chi connectivity index (χ1n) is 7.50. The molecule has 1 aromatic rings. The van der Waals surface area contributed by atoms with Crippen LogP contribution in [0.5, 0.6) is 0 Å². The molecule has 1 amide bonds. The lowest BCUT2D eigenvalue weighted by Crippen LogP contribution is -2.46. The summed E-state index contributed by atoms with van der Waals surface area (Å²) < 4.78 is 32.1. The molecule has 0 radical (unpaired) electrons. The van der Waals surface area contributed by atoms with E-state index in [4.69, 9.17) is 4.74 Å². The van der Waals surface area contributed by atoms with E-state index in [1.165, 1.54) is 4.31 Å². The van der Waals surface area contributed by atoms with Crippen molar-refractivity contribution in [3.8, 4) is 0 Å². The number of carbonyl (C=O) groups is 1. The van der Waals surface area contributed by atoms with E-state index in [1.54, 1.807) is 29.2 Å². The van der Waals surface area contributed by atoms with E-state index in [1.807, 2.05) is 6.92 Å². The quantitative estimate of drug-likeness (QED) is 0.838. The first-order chi connectivity index (χ1) is 10.5. The number of nitrogens with zero attached hydrogens (tertiary/aromatic N) is 2. The molecule has 2 saturated heterocycles. The number of hydrogen-bond acceptors (Lipinski definition) is 4. The Bertz CT molecular complexity index is 657. The van der Waals surface area contributed by atoms with E-state index in [0.29, 0.717) is 32.7 Å². The Morgan fingerprint density at radius 1 is 1.18 bits per heavy atom. The highest BCUT2D eigenvalue weighted by atomic mass is 32.2. The van der Waals surface area contributed by atoms with E-state index in [-0.39, 0.29) is 16.8 Å². The van der Waals surface area contributed by atoms with Gasteiger partial charge in [0, 0.05) is 31.2 Å². The zero-order valence-electron chi connectivity index (χ0n) is 12.6. The average molecular weight is 324 g/mol. The van der Waals surface area contributed by atoms with Gasteiger partial charge in [-0.1, -0.05) is 0 Å². The smallest absolute Gasteiger partial charge is 0.243 e. The summed E-state index contributed by atoms with van der Waals surface area (Å²) in [5, 5.41) is 0. The lowest BCUT2D eigenvalue weighted by atomic mass is 10.3. The van der Waals surface area contributed by atoms with Crippen molar-refractivity contribution in [3.05, 3.63) is 24.3 Å². The summed E-state index contributed by atoms with van der Waals surface area (Å²) in [5.74, 6) is 0.0948. The van der Waals surface area contributed by atoms with Gasteiger partial charge in [0.25, 0.3) is 0 Å². The zero-order chi connectivity index (χ0) is 15.7. The number of anilines is 1. The van der Waals surface area contributed by atoms with Crippen LogP contribution in [0.15, 0.2) is 29.2 Å². The number of amides is 1. The maximum absolute atomic E-state index is 12.7. The van der Waals surface area contributed by atoms with Gasteiger partial charge in [0.2, 0.25) is 15.9 Å². The van der Waals surface area contributed by atoms with Gasteiger partial charge in [-0.2, -0.15) is 4.31 Å². The van der Waals surface area contributed by atoms with Crippen LogP contribution in [0.25, 0.3) is 0 Å². The van der Waals surface area contributed by atoms with Crippen LogP contribution in [-0.4, -0.2) is 51.0 Å². The number of carbonyl (C=O) groups excluding carboxylic acids is 1. The second kappa shape index (κ2) is 5.98. The van der Waals surface area contributed by atoms with Crippen LogP contribution in [0.1, 0.15) is 19.8 Å². The summed E-state index contributed by atoms with van der Waals surface area (Å²) >= 11 is 0. The Morgan fingerprint density at radius 2 is 1.91 bits per heavy atom. The molecule has 2 fully saturated rings. The van der Waals surface area contributed by atoms with Crippen molar-refractivity contribution < 1.29 is 17.9 Å². The van der Waals surface area contributed by atoms with E-state index in [9.17, 15) is 13.2 Å². The summed E-state index contributed by atoms with van der Waals surface area (Å²) in [6.07, 6.45) is 1.41. The molecule has 120 valence electrons. The SMILES string of the molecule is CC1COCCN1S(=O)(=O)c1ccc(N2CCCC2=O)cc1. The number of rotatable bonds is 3. The van der Waals surface area contributed by atoms with Crippen molar-refractivity contribution in [2.45, 2.75) is 30.7 Å². The third-order valence-electron chi connectivity index (χ3n) is 4.14. The normalized spacial score (nSPS) is 24.0. The molecule has 1 atom stereocenters. The molecule has 2 heterocycles. The Balaban J connectivity index is 1.84. The molecule has 2 aliphatic rings. The molecule has 0 saturated carbocycles. The fourth-order valence-electron chi connectivity index (χ4n) is 2.92. The van der Waals surface area contributed by atoms with Crippen molar-refractivity contribution >= 4 is 21.6 Å². The fourth-order valence-corrected chi connectivity index (χ4v) is 4.52. The van der Waals surface area contributed by atoms with Crippen molar-refractivity contribution in [2.24, 2.45) is 0 Å². The topological polar surface area (TPSA) is 66.9 Å². The van der Waals surface area contributed by atoms with Crippen LogP contribution in [0.4, 0.5) is 5.69 Å². The van der Waals surface area contributed by atoms with E-state index in [2.05, 4.69) is 0 Å². The van der Waals surface area contributed by atoms with E-state index >= 15 is 0 Å². The maximum atomic E-state index is 12.7. The number of ether oxygens (including phenoxy) is 1. The van der Waals surface area contributed by atoms with Crippen molar-refractivity contribution in [1.82, 2.24) is 4.31 Å². The highest BCUT2D eigenvalue weighted by Crippen LogP contribution is 2.25. The molecule has 6 nitrogen and oxygen atoms in total. The van der Waals surface area contributed by atoms with Gasteiger partial charge in [0.05, 0.1) is 18.1 Å². The monoisotopic (exact) mass is 324 g/mol. The number of hydrogen-bond donors (Lipinski definition) is 0.